The third-order valence-corrected chi connectivity index (χ3v) is 6.36. The van der Waals surface area contributed by atoms with Gasteiger partial charge in [-0.3, -0.25) is 9.52 Å². The largest absolute Gasteiger partial charge is 0.347 e. The third kappa shape index (κ3) is 5.85. The summed E-state index contributed by atoms with van der Waals surface area (Å²) in [7, 11) is -3.58. The quantitative estimate of drug-likeness (QED) is 0.758. The highest BCUT2D eigenvalue weighted by molar-refractivity contribution is 7.94. The Hall–Kier alpha value is -1.86. The molecule has 0 bridgehead atoms. The molecule has 0 radical (unpaired) electrons. The highest BCUT2D eigenvalue weighted by atomic mass is 32.2. The van der Waals surface area contributed by atoms with Crippen LogP contribution in [-0.4, -0.2) is 19.9 Å². The molecule has 0 atom stereocenters. The molecule has 0 saturated heterocycles. The minimum Gasteiger partial charge on any atom is -0.347 e. The maximum absolute atomic E-state index is 12.5. The number of anilines is 1. The summed E-state index contributed by atoms with van der Waals surface area (Å²) in [6.07, 6.45) is 0.838. The SMILES string of the molecule is CC(C)(C)CC(C)(C)NC(=O)c1ccc(NS(=O)(=O)c2cccs2)cc1. The van der Waals surface area contributed by atoms with Crippen LogP contribution in [0.15, 0.2) is 46.0 Å². The number of benzene rings is 1. The van der Waals surface area contributed by atoms with Crippen molar-refractivity contribution in [1.29, 1.82) is 0 Å². The zero-order chi connectivity index (χ0) is 19.6. The number of hydrogen-bond acceptors (Lipinski definition) is 4. The standard InChI is InChI=1S/C19H26N2O3S2/c1-18(2,3)13-19(4,5)20-17(22)14-8-10-15(11-9-14)21-26(23,24)16-7-6-12-25-16/h6-12,21H,13H2,1-5H3,(H,20,22). The van der Waals surface area contributed by atoms with E-state index < -0.39 is 10.0 Å². The Kier molecular flexibility index (Phi) is 5.82. The molecular formula is C19H26N2O3S2. The zero-order valence-corrected chi connectivity index (χ0v) is 17.4. The summed E-state index contributed by atoms with van der Waals surface area (Å²) in [6.45, 7) is 10.4. The minimum absolute atomic E-state index is 0.0979. The molecule has 1 aromatic carbocycles. The van der Waals surface area contributed by atoms with Gasteiger partial charge in [-0.25, -0.2) is 8.42 Å². The van der Waals surface area contributed by atoms with Crippen molar-refractivity contribution in [3.05, 3.63) is 47.3 Å². The molecule has 2 aromatic rings. The number of sulfonamides is 1. The van der Waals surface area contributed by atoms with Gasteiger partial charge in [0.15, 0.2) is 0 Å². The zero-order valence-electron chi connectivity index (χ0n) is 15.8. The summed E-state index contributed by atoms with van der Waals surface area (Å²) in [5, 5.41) is 4.75. The van der Waals surface area contributed by atoms with Crippen LogP contribution < -0.4 is 10.0 Å². The Balaban J connectivity index is 2.06. The molecule has 2 rings (SSSR count). The number of amides is 1. The fraction of sp³-hybridized carbons (Fsp3) is 0.421. The molecule has 142 valence electrons. The van der Waals surface area contributed by atoms with E-state index in [0.717, 1.165) is 17.8 Å². The predicted molar refractivity (Wildman–Crippen MR) is 107 cm³/mol. The predicted octanol–water partition coefficient (Wildman–Crippen LogP) is 4.49. The van der Waals surface area contributed by atoms with Crippen molar-refractivity contribution in [2.45, 2.75) is 50.8 Å². The smallest absolute Gasteiger partial charge is 0.271 e. The van der Waals surface area contributed by atoms with Crippen LogP contribution in [0.3, 0.4) is 0 Å². The molecule has 0 aliphatic heterocycles. The highest BCUT2D eigenvalue weighted by Crippen LogP contribution is 2.27. The van der Waals surface area contributed by atoms with Crippen molar-refractivity contribution in [3.8, 4) is 0 Å². The minimum atomic E-state index is -3.58. The van der Waals surface area contributed by atoms with Crippen LogP contribution in [0.1, 0.15) is 51.4 Å². The first-order valence-electron chi connectivity index (χ1n) is 8.37. The molecule has 2 N–H and O–H groups in total. The Bertz CT molecular complexity index is 847. The molecule has 0 fully saturated rings. The van der Waals surface area contributed by atoms with Crippen molar-refractivity contribution in [1.82, 2.24) is 5.32 Å². The Morgan fingerprint density at radius 3 is 2.15 bits per heavy atom. The van der Waals surface area contributed by atoms with Crippen molar-refractivity contribution in [3.63, 3.8) is 0 Å². The summed E-state index contributed by atoms with van der Waals surface area (Å²) >= 11 is 1.15. The molecule has 0 aliphatic carbocycles. The van der Waals surface area contributed by atoms with Crippen LogP contribution in [0.4, 0.5) is 5.69 Å². The van der Waals surface area contributed by atoms with Gasteiger partial charge in [0, 0.05) is 16.8 Å². The van der Waals surface area contributed by atoms with Crippen LogP contribution >= 0.6 is 11.3 Å². The average Bonchev–Trinajstić information content (AvgIpc) is 2.99. The molecule has 5 nitrogen and oxygen atoms in total. The number of rotatable bonds is 6. The van der Waals surface area contributed by atoms with Gasteiger partial charge < -0.3 is 5.32 Å². The Morgan fingerprint density at radius 2 is 1.65 bits per heavy atom. The lowest BCUT2D eigenvalue weighted by atomic mass is 9.81. The van der Waals surface area contributed by atoms with Gasteiger partial charge >= 0.3 is 0 Å². The number of nitrogens with one attached hydrogen (secondary N) is 2. The van der Waals surface area contributed by atoms with E-state index in [1.807, 2.05) is 13.8 Å². The molecular weight excluding hydrogens is 368 g/mol. The van der Waals surface area contributed by atoms with Crippen molar-refractivity contribution in [2.24, 2.45) is 5.41 Å². The summed E-state index contributed by atoms with van der Waals surface area (Å²) in [6, 6.07) is 9.66. The normalized spacial score (nSPS) is 12.7. The first kappa shape index (κ1) is 20.5. The lowest BCUT2D eigenvalue weighted by Gasteiger charge is -2.33. The van der Waals surface area contributed by atoms with E-state index in [-0.39, 0.29) is 21.1 Å². The van der Waals surface area contributed by atoms with Gasteiger partial charge in [-0.2, -0.15) is 0 Å². The molecule has 1 heterocycles. The molecule has 0 unspecified atom stereocenters. The first-order chi connectivity index (χ1) is 11.9. The van der Waals surface area contributed by atoms with Crippen LogP contribution in [0.25, 0.3) is 0 Å². The van der Waals surface area contributed by atoms with E-state index in [1.165, 1.54) is 0 Å². The van der Waals surface area contributed by atoms with E-state index >= 15 is 0 Å². The topological polar surface area (TPSA) is 75.3 Å². The average molecular weight is 395 g/mol. The van der Waals surface area contributed by atoms with E-state index in [1.54, 1.807) is 41.8 Å². The maximum Gasteiger partial charge on any atom is 0.271 e. The summed E-state index contributed by atoms with van der Waals surface area (Å²) in [5.74, 6) is -0.174. The van der Waals surface area contributed by atoms with Crippen LogP contribution in [-0.2, 0) is 10.0 Å². The molecule has 1 aromatic heterocycles. The monoisotopic (exact) mass is 394 g/mol. The van der Waals surface area contributed by atoms with Crippen LogP contribution in [0, 0.1) is 5.41 Å². The Labute approximate surface area is 159 Å². The number of carbonyl (C=O) groups is 1. The number of hydrogen-bond donors (Lipinski definition) is 2. The fourth-order valence-electron chi connectivity index (χ4n) is 3.06. The lowest BCUT2D eigenvalue weighted by Crippen LogP contribution is -2.45. The van der Waals surface area contributed by atoms with Crippen molar-refractivity contribution >= 4 is 33.0 Å². The van der Waals surface area contributed by atoms with Crippen LogP contribution in [0.2, 0.25) is 0 Å². The molecule has 0 aliphatic rings. The fourth-order valence-corrected chi connectivity index (χ4v) is 5.11. The first-order valence-corrected chi connectivity index (χ1v) is 10.7. The van der Waals surface area contributed by atoms with Gasteiger partial charge in [0.2, 0.25) is 0 Å². The second kappa shape index (κ2) is 7.40. The molecule has 26 heavy (non-hydrogen) atoms. The molecule has 7 heteroatoms. The lowest BCUT2D eigenvalue weighted by molar-refractivity contribution is 0.0891. The van der Waals surface area contributed by atoms with Crippen LogP contribution in [0.5, 0.6) is 0 Å². The maximum atomic E-state index is 12.5. The second-order valence-corrected chi connectivity index (χ2v) is 11.0. The highest BCUT2D eigenvalue weighted by Gasteiger charge is 2.27. The van der Waals surface area contributed by atoms with Crippen molar-refractivity contribution in [2.75, 3.05) is 4.72 Å². The van der Waals surface area contributed by atoms with Gasteiger partial charge in [-0.15, -0.1) is 11.3 Å². The summed E-state index contributed by atoms with van der Waals surface area (Å²) in [5.41, 5.74) is 0.671. The van der Waals surface area contributed by atoms with Gasteiger partial charge in [-0.1, -0.05) is 26.8 Å². The van der Waals surface area contributed by atoms with E-state index in [4.69, 9.17) is 0 Å². The Morgan fingerprint density at radius 1 is 1.04 bits per heavy atom. The summed E-state index contributed by atoms with van der Waals surface area (Å²) in [4.78, 5) is 12.5. The van der Waals surface area contributed by atoms with Gasteiger partial charge in [0.1, 0.15) is 4.21 Å². The second-order valence-electron chi connectivity index (χ2n) is 8.19. The van der Waals surface area contributed by atoms with Gasteiger partial charge in [0.05, 0.1) is 0 Å². The van der Waals surface area contributed by atoms with E-state index in [9.17, 15) is 13.2 Å². The van der Waals surface area contributed by atoms with E-state index in [0.29, 0.717) is 11.3 Å². The molecule has 0 saturated carbocycles. The number of thiophene rings is 1. The van der Waals surface area contributed by atoms with Crippen molar-refractivity contribution < 1.29 is 13.2 Å². The molecule has 0 spiro atoms. The van der Waals surface area contributed by atoms with Gasteiger partial charge in [-0.05, 0) is 61.4 Å². The number of carbonyl (C=O) groups excluding carboxylic acids is 1. The van der Waals surface area contributed by atoms with E-state index in [2.05, 4.69) is 30.8 Å². The molecule has 1 amide bonds. The summed E-state index contributed by atoms with van der Waals surface area (Å²) < 4.78 is 27.2. The van der Waals surface area contributed by atoms with Gasteiger partial charge in [0.25, 0.3) is 15.9 Å². The third-order valence-electron chi connectivity index (χ3n) is 3.58.